The Morgan fingerprint density at radius 3 is 2.88 bits per heavy atom. The lowest BCUT2D eigenvalue weighted by molar-refractivity contribution is -0.122. The van der Waals surface area contributed by atoms with E-state index in [0.29, 0.717) is 26.1 Å². The zero-order valence-electron chi connectivity index (χ0n) is 15.0. The standard InChI is InChI=1S/C18H28N4O2.HI/c1-3-19-18(22-15-9-10-17(23)21-13-15)20-11-6-12-24-16-8-5-4-7-14(16)2;/h4-5,7-8,15H,3,6,9-13H2,1-2H3,(H,21,23)(H2,19,20,22);1H. The van der Waals surface area contributed by atoms with E-state index in [-0.39, 0.29) is 35.9 Å². The fraction of sp³-hybridized carbons (Fsp3) is 0.556. The summed E-state index contributed by atoms with van der Waals surface area (Å²) in [6, 6.07) is 8.26. The number of rotatable bonds is 7. The molecule has 1 aromatic carbocycles. The number of halogens is 1. The van der Waals surface area contributed by atoms with Crippen LogP contribution in [0.5, 0.6) is 5.75 Å². The van der Waals surface area contributed by atoms with Crippen LogP contribution in [-0.2, 0) is 4.79 Å². The van der Waals surface area contributed by atoms with Gasteiger partial charge in [0.25, 0.3) is 0 Å². The van der Waals surface area contributed by atoms with Crippen LogP contribution in [0.15, 0.2) is 29.3 Å². The summed E-state index contributed by atoms with van der Waals surface area (Å²) in [5.41, 5.74) is 1.15. The summed E-state index contributed by atoms with van der Waals surface area (Å²) in [6.07, 6.45) is 2.26. The van der Waals surface area contributed by atoms with E-state index in [0.717, 1.165) is 36.7 Å². The van der Waals surface area contributed by atoms with Crippen LogP contribution in [0.4, 0.5) is 0 Å². The molecule has 0 bridgehead atoms. The number of guanidine groups is 1. The molecule has 0 saturated carbocycles. The molecule has 6 nitrogen and oxygen atoms in total. The van der Waals surface area contributed by atoms with Crippen molar-refractivity contribution in [2.45, 2.75) is 39.2 Å². The van der Waals surface area contributed by atoms with E-state index in [2.05, 4.69) is 20.9 Å². The van der Waals surface area contributed by atoms with Crippen molar-refractivity contribution in [3.05, 3.63) is 29.8 Å². The topological polar surface area (TPSA) is 74.8 Å². The molecule has 1 aromatic rings. The van der Waals surface area contributed by atoms with E-state index in [9.17, 15) is 4.79 Å². The molecule has 1 aliphatic rings. The van der Waals surface area contributed by atoms with Gasteiger partial charge >= 0.3 is 0 Å². The van der Waals surface area contributed by atoms with Crippen molar-refractivity contribution in [2.75, 3.05) is 26.2 Å². The van der Waals surface area contributed by atoms with Gasteiger partial charge < -0.3 is 20.7 Å². The molecule has 3 N–H and O–H groups in total. The summed E-state index contributed by atoms with van der Waals surface area (Å²) in [5.74, 6) is 1.86. The van der Waals surface area contributed by atoms with Crippen molar-refractivity contribution in [1.82, 2.24) is 16.0 Å². The number of carbonyl (C=O) groups is 1. The van der Waals surface area contributed by atoms with Crippen LogP contribution in [0.25, 0.3) is 0 Å². The van der Waals surface area contributed by atoms with Crippen molar-refractivity contribution >= 4 is 35.8 Å². The normalized spacial score (nSPS) is 17.3. The number of para-hydroxylation sites is 1. The van der Waals surface area contributed by atoms with Crippen molar-refractivity contribution in [2.24, 2.45) is 4.99 Å². The third-order valence-corrected chi connectivity index (χ3v) is 3.87. The maximum Gasteiger partial charge on any atom is 0.220 e. The minimum absolute atomic E-state index is 0. The van der Waals surface area contributed by atoms with Crippen LogP contribution >= 0.6 is 24.0 Å². The third kappa shape index (κ3) is 7.94. The molecule has 140 valence electrons. The van der Waals surface area contributed by atoms with Gasteiger partial charge in [-0.25, -0.2) is 0 Å². The maximum absolute atomic E-state index is 11.2. The van der Waals surface area contributed by atoms with Gasteiger partial charge in [0, 0.05) is 38.5 Å². The molecule has 2 rings (SSSR count). The van der Waals surface area contributed by atoms with Gasteiger partial charge in [0.2, 0.25) is 5.91 Å². The molecule has 25 heavy (non-hydrogen) atoms. The lowest BCUT2D eigenvalue weighted by Gasteiger charge is -2.25. The highest BCUT2D eigenvalue weighted by Gasteiger charge is 2.18. The first-order valence-corrected chi connectivity index (χ1v) is 8.69. The zero-order valence-corrected chi connectivity index (χ0v) is 17.3. The summed E-state index contributed by atoms with van der Waals surface area (Å²) in [6.45, 7) is 6.89. The first-order chi connectivity index (χ1) is 11.7. The highest BCUT2D eigenvalue weighted by Crippen LogP contribution is 2.16. The maximum atomic E-state index is 11.2. The number of hydrogen-bond donors (Lipinski definition) is 3. The molecule has 0 aliphatic carbocycles. The van der Waals surface area contributed by atoms with Crippen molar-refractivity contribution in [1.29, 1.82) is 0 Å². The molecule has 1 amide bonds. The van der Waals surface area contributed by atoms with E-state index in [1.54, 1.807) is 0 Å². The second kappa shape index (κ2) is 11.9. The van der Waals surface area contributed by atoms with Gasteiger partial charge in [0.1, 0.15) is 5.75 Å². The average Bonchev–Trinajstić information content (AvgIpc) is 2.58. The predicted octanol–water partition coefficient (Wildman–Crippen LogP) is 2.22. The Balaban J connectivity index is 0.00000312. The summed E-state index contributed by atoms with van der Waals surface area (Å²) < 4.78 is 5.78. The number of nitrogens with one attached hydrogen (secondary N) is 3. The third-order valence-electron chi connectivity index (χ3n) is 3.87. The van der Waals surface area contributed by atoms with Gasteiger partial charge in [-0.2, -0.15) is 0 Å². The van der Waals surface area contributed by atoms with Crippen LogP contribution in [0.1, 0.15) is 31.7 Å². The van der Waals surface area contributed by atoms with Crippen molar-refractivity contribution in [3.63, 3.8) is 0 Å². The summed E-state index contributed by atoms with van der Waals surface area (Å²) >= 11 is 0. The molecular weight excluding hydrogens is 431 g/mol. The van der Waals surface area contributed by atoms with E-state index in [1.165, 1.54) is 0 Å². The monoisotopic (exact) mass is 460 g/mol. The van der Waals surface area contributed by atoms with Gasteiger partial charge in [-0.15, -0.1) is 24.0 Å². The number of nitrogens with zero attached hydrogens (tertiary/aromatic N) is 1. The number of aryl methyl sites for hydroxylation is 1. The summed E-state index contributed by atoms with van der Waals surface area (Å²) in [7, 11) is 0. The summed E-state index contributed by atoms with van der Waals surface area (Å²) in [4.78, 5) is 15.8. The van der Waals surface area contributed by atoms with E-state index in [1.807, 2.05) is 38.1 Å². The quantitative estimate of drug-likeness (QED) is 0.253. The molecule has 0 aromatic heterocycles. The zero-order chi connectivity index (χ0) is 17.2. The number of carbonyl (C=O) groups excluding carboxylic acids is 1. The minimum atomic E-state index is 0. The van der Waals surface area contributed by atoms with Crippen molar-refractivity contribution in [3.8, 4) is 5.75 Å². The smallest absolute Gasteiger partial charge is 0.220 e. The first-order valence-electron chi connectivity index (χ1n) is 8.69. The SMILES string of the molecule is CCNC(=NCCCOc1ccccc1C)NC1CCC(=O)NC1.I. The number of ether oxygens (including phenoxy) is 1. The van der Waals surface area contributed by atoms with Crippen molar-refractivity contribution < 1.29 is 9.53 Å². The number of benzene rings is 1. The molecule has 1 heterocycles. The highest BCUT2D eigenvalue weighted by atomic mass is 127. The largest absolute Gasteiger partial charge is 0.493 e. The molecule has 1 aliphatic heterocycles. The summed E-state index contributed by atoms with van der Waals surface area (Å²) in [5, 5.41) is 9.50. The number of aliphatic imine (C=N–C) groups is 1. The fourth-order valence-electron chi connectivity index (χ4n) is 2.53. The van der Waals surface area contributed by atoms with E-state index in [4.69, 9.17) is 4.74 Å². The van der Waals surface area contributed by atoms with E-state index >= 15 is 0 Å². The number of amides is 1. The molecule has 0 spiro atoms. The first kappa shape index (κ1) is 21.5. The molecule has 7 heteroatoms. The minimum Gasteiger partial charge on any atom is -0.493 e. The fourth-order valence-corrected chi connectivity index (χ4v) is 2.53. The molecule has 1 unspecified atom stereocenters. The second-order valence-electron chi connectivity index (χ2n) is 5.91. The van der Waals surface area contributed by atoms with Crippen LogP contribution in [0, 0.1) is 6.92 Å². The second-order valence-corrected chi connectivity index (χ2v) is 5.91. The van der Waals surface area contributed by atoms with Gasteiger partial charge in [0.15, 0.2) is 5.96 Å². The van der Waals surface area contributed by atoms with Gasteiger partial charge in [-0.1, -0.05) is 18.2 Å². The lowest BCUT2D eigenvalue weighted by atomic mass is 10.1. The Morgan fingerprint density at radius 1 is 1.40 bits per heavy atom. The molecule has 1 fully saturated rings. The van der Waals surface area contributed by atoms with Gasteiger partial charge in [-0.05, 0) is 31.9 Å². The van der Waals surface area contributed by atoms with Crippen LogP contribution in [-0.4, -0.2) is 44.1 Å². The Hall–Kier alpha value is -1.51. The predicted molar refractivity (Wildman–Crippen MR) is 112 cm³/mol. The Bertz CT molecular complexity index is 556. The average molecular weight is 460 g/mol. The van der Waals surface area contributed by atoms with Crippen LogP contribution in [0.2, 0.25) is 0 Å². The Kier molecular flexibility index (Phi) is 10.3. The highest BCUT2D eigenvalue weighted by molar-refractivity contribution is 14.0. The number of hydrogen-bond acceptors (Lipinski definition) is 3. The molecule has 0 radical (unpaired) electrons. The number of piperidine rings is 1. The van der Waals surface area contributed by atoms with Crippen LogP contribution < -0.4 is 20.7 Å². The van der Waals surface area contributed by atoms with Gasteiger partial charge in [0.05, 0.1) is 6.61 Å². The van der Waals surface area contributed by atoms with Gasteiger partial charge in [-0.3, -0.25) is 9.79 Å². The molecule has 1 saturated heterocycles. The van der Waals surface area contributed by atoms with E-state index < -0.39 is 0 Å². The molecule has 1 atom stereocenters. The lowest BCUT2D eigenvalue weighted by Crippen LogP contribution is -2.51. The van der Waals surface area contributed by atoms with Crippen LogP contribution in [0.3, 0.4) is 0 Å². The Labute approximate surface area is 167 Å². The Morgan fingerprint density at radius 2 is 2.20 bits per heavy atom. The molecular formula is C18H29IN4O2.